The normalized spacial score (nSPS) is 14.3. The summed E-state index contributed by atoms with van der Waals surface area (Å²) in [5, 5.41) is 0.0206. The molecule has 3 nitrogen and oxygen atoms in total. The third kappa shape index (κ3) is 1.02. The summed E-state index contributed by atoms with van der Waals surface area (Å²) < 4.78 is 17.2. The van der Waals surface area contributed by atoms with Crippen LogP contribution >= 0.6 is 11.6 Å². The van der Waals surface area contributed by atoms with Crippen molar-refractivity contribution in [2.45, 2.75) is 0 Å². The monoisotopic (exact) mass is 200 g/mol. The molecule has 0 N–H and O–H groups in total. The van der Waals surface area contributed by atoms with Crippen LogP contribution in [0.2, 0.25) is 5.02 Å². The zero-order chi connectivity index (χ0) is 9.59. The Morgan fingerprint density at radius 2 is 1.77 bits per heavy atom. The summed E-state index contributed by atoms with van der Waals surface area (Å²) in [4.78, 5) is 21.9. The van der Waals surface area contributed by atoms with Gasteiger partial charge in [0.05, 0.1) is 10.6 Å². The molecule has 66 valence electrons. The first-order chi connectivity index (χ1) is 6.11. The number of halogens is 2. The van der Waals surface area contributed by atoms with Crippen molar-refractivity contribution < 1.29 is 18.7 Å². The maximum atomic E-state index is 13.0. The quantitative estimate of drug-likeness (QED) is 0.474. The fraction of sp³-hybridized carbons (Fsp3) is 0. The predicted octanol–water partition coefficient (Wildman–Crippen LogP) is 1.79. The van der Waals surface area contributed by atoms with Crippen molar-refractivity contribution >= 4 is 23.5 Å². The van der Waals surface area contributed by atoms with Crippen LogP contribution in [0, 0.1) is 5.82 Å². The maximum absolute atomic E-state index is 13.0. The smallest absolute Gasteiger partial charge is 0.349 e. The first-order valence-electron chi connectivity index (χ1n) is 3.36. The molecule has 0 aliphatic carbocycles. The van der Waals surface area contributed by atoms with Crippen LogP contribution in [0.15, 0.2) is 12.1 Å². The largest absolute Gasteiger partial charge is 0.386 e. The molecule has 0 amide bonds. The number of benzene rings is 1. The van der Waals surface area contributed by atoms with Crippen LogP contribution in [0.4, 0.5) is 4.39 Å². The van der Waals surface area contributed by atoms with Gasteiger partial charge in [0, 0.05) is 0 Å². The van der Waals surface area contributed by atoms with Crippen molar-refractivity contribution in [1.29, 1.82) is 0 Å². The standard InChI is InChI=1S/C8H2ClFO3/c9-3-1-2-4(10)6-5(3)7(11)13-8(6)12/h1-2H. The highest BCUT2D eigenvalue weighted by atomic mass is 35.5. The van der Waals surface area contributed by atoms with E-state index in [1.165, 1.54) is 6.07 Å². The molecule has 13 heavy (non-hydrogen) atoms. The van der Waals surface area contributed by atoms with Gasteiger partial charge in [-0.05, 0) is 12.1 Å². The molecule has 0 atom stereocenters. The van der Waals surface area contributed by atoms with Gasteiger partial charge in [-0.2, -0.15) is 0 Å². The second-order valence-corrected chi connectivity index (χ2v) is 2.86. The topological polar surface area (TPSA) is 43.4 Å². The molecule has 1 heterocycles. The van der Waals surface area contributed by atoms with E-state index in [-0.39, 0.29) is 16.1 Å². The van der Waals surface area contributed by atoms with Crippen molar-refractivity contribution in [3.63, 3.8) is 0 Å². The lowest BCUT2D eigenvalue weighted by Crippen LogP contribution is -1.98. The number of ether oxygens (including phenoxy) is 1. The van der Waals surface area contributed by atoms with Gasteiger partial charge in [0.25, 0.3) is 0 Å². The zero-order valence-electron chi connectivity index (χ0n) is 6.14. The van der Waals surface area contributed by atoms with Gasteiger partial charge in [-0.25, -0.2) is 14.0 Å². The molecule has 1 aromatic carbocycles. The lowest BCUT2D eigenvalue weighted by Gasteiger charge is -1.95. The Hall–Kier alpha value is -1.42. The molecular formula is C8H2ClFO3. The van der Waals surface area contributed by atoms with Crippen LogP contribution in [0.5, 0.6) is 0 Å². The Labute approximate surface area is 77.1 Å². The second kappa shape index (κ2) is 2.53. The van der Waals surface area contributed by atoms with E-state index in [2.05, 4.69) is 4.74 Å². The first-order valence-corrected chi connectivity index (χ1v) is 3.73. The molecular weight excluding hydrogens is 199 g/mol. The van der Waals surface area contributed by atoms with Crippen molar-refractivity contribution in [2.24, 2.45) is 0 Å². The Morgan fingerprint density at radius 1 is 1.15 bits per heavy atom. The van der Waals surface area contributed by atoms with Gasteiger partial charge in [0.2, 0.25) is 0 Å². The van der Waals surface area contributed by atoms with Crippen LogP contribution in [0.3, 0.4) is 0 Å². The highest BCUT2D eigenvalue weighted by molar-refractivity contribution is 6.35. The first kappa shape index (κ1) is 8.19. The number of carbonyl (C=O) groups is 2. The van der Waals surface area contributed by atoms with E-state index < -0.39 is 17.8 Å². The van der Waals surface area contributed by atoms with Gasteiger partial charge in [-0.1, -0.05) is 11.6 Å². The third-order valence-electron chi connectivity index (χ3n) is 1.70. The summed E-state index contributed by atoms with van der Waals surface area (Å²) in [6.45, 7) is 0. The Bertz CT molecular complexity index is 389. The number of carbonyl (C=O) groups excluding carboxylic acids is 2. The number of hydrogen-bond acceptors (Lipinski definition) is 3. The molecule has 5 heteroatoms. The minimum atomic E-state index is -0.986. The van der Waals surface area contributed by atoms with E-state index in [4.69, 9.17) is 11.6 Å². The number of hydrogen-bond donors (Lipinski definition) is 0. The lowest BCUT2D eigenvalue weighted by atomic mass is 10.1. The van der Waals surface area contributed by atoms with Gasteiger partial charge in [-0.3, -0.25) is 0 Å². The van der Waals surface area contributed by atoms with E-state index in [1.807, 2.05) is 0 Å². The van der Waals surface area contributed by atoms with Crippen LogP contribution < -0.4 is 0 Å². The van der Waals surface area contributed by atoms with Crippen LogP contribution in [0.1, 0.15) is 20.7 Å². The Morgan fingerprint density at radius 3 is 2.38 bits per heavy atom. The molecule has 0 saturated carbocycles. The van der Waals surface area contributed by atoms with Crippen molar-refractivity contribution in [2.75, 3.05) is 0 Å². The Balaban J connectivity index is 2.81. The van der Waals surface area contributed by atoms with Crippen LogP contribution in [-0.2, 0) is 4.74 Å². The minimum Gasteiger partial charge on any atom is -0.386 e. The molecule has 0 radical (unpaired) electrons. The van der Waals surface area contributed by atoms with Crippen molar-refractivity contribution in [1.82, 2.24) is 0 Å². The summed E-state index contributed by atoms with van der Waals surface area (Å²) in [7, 11) is 0. The van der Waals surface area contributed by atoms with E-state index in [9.17, 15) is 14.0 Å². The average molecular weight is 201 g/mol. The lowest BCUT2D eigenvalue weighted by molar-refractivity contribution is 0.0442. The molecule has 1 aliphatic heterocycles. The number of rotatable bonds is 0. The average Bonchev–Trinajstić information content (AvgIpc) is 2.36. The fourth-order valence-electron chi connectivity index (χ4n) is 1.14. The van der Waals surface area contributed by atoms with E-state index >= 15 is 0 Å². The molecule has 0 unspecified atom stereocenters. The van der Waals surface area contributed by atoms with Gasteiger partial charge in [-0.15, -0.1) is 0 Å². The summed E-state index contributed by atoms with van der Waals surface area (Å²) in [5.41, 5.74) is -0.566. The highest BCUT2D eigenvalue weighted by Crippen LogP contribution is 2.29. The van der Waals surface area contributed by atoms with Gasteiger partial charge < -0.3 is 4.74 Å². The van der Waals surface area contributed by atoms with Gasteiger partial charge >= 0.3 is 11.9 Å². The molecule has 0 fully saturated rings. The SMILES string of the molecule is O=C1OC(=O)c2c(Cl)ccc(F)c21. The molecule has 1 aliphatic rings. The molecule has 1 aromatic rings. The summed E-state index contributed by atoms with van der Waals surface area (Å²) >= 11 is 5.58. The molecule has 2 rings (SSSR count). The predicted molar refractivity (Wildman–Crippen MR) is 41.2 cm³/mol. The summed E-state index contributed by atoms with van der Waals surface area (Å²) in [6, 6.07) is 2.22. The molecule has 0 spiro atoms. The van der Waals surface area contributed by atoms with Crippen molar-refractivity contribution in [3.8, 4) is 0 Å². The van der Waals surface area contributed by atoms with Crippen LogP contribution in [-0.4, -0.2) is 11.9 Å². The second-order valence-electron chi connectivity index (χ2n) is 2.46. The van der Waals surface area contributed by atoms with E-state index in [0.717, 1.165) is 6.07 Å². The molecule has 0 bridgehead atoms. The molecule has 0 aromatic heterocycles. The third-order valence-corrected chi connectivity index (χ3v) is 2.01. The molecule has 0 saturated heterocycles. The van der Waals surface area contributed by atoms with Crippen molar-refractivity contribution in [3.05, 3.63) is 34.1 Å². The van der Waals surface area contributed by atoms with Crippen LogP contribution in [0.25, 0.3) is 0 Å². The van der Waals surface area contributed by atoms with E-state index in [1.54, 1.807) is 0 Å². The summed E-state index contributed by atoms with van der Waals surface area (Å²) in [5.74, 6) is -2.68. The summed E-state index contributed by atoms with van der Waals surface area (Å²) in [6.07, 6.45) is 0. The van der Waals surface area contributed by atoms with E-state index in [0.29, 0.717) is 0 Å². The minimum absolute atomic E-state index is 0.0206. The zero-order valence-corrected chi connectivity index (χ0v) is 6.89. The highest BCUT2D eigenvalue weighted by Gasteiger charge is 2.34. The fourth-order valence-corrected chi connectivity index (χ4v) is 1.37. The maximum Gasteiger partial charge on any atom is 0.349 e. The van der Waals surface area contributed by atoms with Gasteiger partial charge in [0.15, 0.2) is 0 Å². The number of fused-ring (bicyclic) bond motifs is 1. The number of esters is 2. The Kier molecular flexibility index (Phi) is 1.60. The number of cyclic esters (lactones) is 2. The van der Waals surface area contributed by atoms with Gasteiger partial charge in [0.1, 0.15) is 11.4 Å².